The predicted octanol–water partition coefficient (Wildman–Crippen LogP) is 6.98. The Kier molecular flexibility index (Phi) is 5.82. The van der Waals surface area contributed by atoms with E-state index in [9.17, 15) is 4.79 Å². The zero-order chi connectivity index (χ0) is 23.0. The number of ether oxygens (including phenoxy) is 1. The third-order valence-electron chi connectivity index (χ3n) is 5.29. The number of hydrogen-bond donors (Lipinski definition) is 1. The van der Waals surface area contributed by atoms with E-state index in [4.69, 9.17) is 9.15 Å². The zero-order valence-electron chi connectivity index (χ0n) is 18.7. The second-order valence-corrected chi connectivity index (χ2v) is 9.41. The molecule has 0 aliphatic carbocycles. The molecule has 32 heavy (non-hydrogen) atoms. The summed E-state index contributed by atoms with van der Waals surface area (Å²) in [4.78, 5) is 17.7. The number of anilines is 1. The van der Waals surface area contributed by atoms with E-state index in [1.807, 2.05) is 69.3 Å². The molecule has 0 aliphatic rings. The van der Waals surface area contributed by atoms with E-state index in [0.29, 0.717) is 17.3 Å². The second-order valence-electron chi connectivity index (χ2n) is 8.50. The Bertz CT molecular complexity index is 1310. The van der Waals surface area contributed by atoms with Crippen molar-refractivity contribution in [2.24, 2.45) is 0 Å². The fraction of sp³-hybridized carbons (Fsp3) is 0.231. The number of nitrogens with zero attached hydrogens (tertiary/aromatic N) is 1. The van der Waals surface area contributed by atoms with Crippen LogP contribution in [0.2, 0.25) is 0 Å². The lowest BCUT2D eigenvalue weighted by atomic mass is 10.1. The normalized spacial score (nSPS) is 11.6. The van der Waals surface area contributed by atoms with Gasteiger partial charge < -0.3 is 14.5 Å². The molecule has 0 bridgehead atoms. The summed E-state index contributed by atoms with van der Waals surface area (Å²) in [6.07, 6.45) is 0. The van der Waals surface area contributed by atoms with E-state index >= 15 is 0 Å². The number of carbonyl (C=O) groups excluding carboxylic acids is 1. The Balaban J connectivity index is 1.59. The molecule has 4 aromatic rings. The van der Waals surface area contributed by atoms with Gasteiger partial charge in [-0.2, -0.15) is 0 Å². The first kappa shape index (κ1) is 22.1. The van der Waals surface area contributed by atoms with Crippen LogP contribution in [0.15, 0.2) is 63.5 Å². The first-order valence-electron chi connectivity index (χ1n) is 10.4. The summed E-state index contributed by atoms with van der Waals surface area (Å²) in [5.41, 5.74) is 5.15. The fourth-order valence-corrected chi connectivity index (χ4v) is 3.77. The molecule has 1 aromatic heterocycles. The highest BCUT2D eigenvalue weighted by Gasteiger charge is 2.30. The van der Waals surface area contributed by atoms with Gasteiger partial charge in [0, 0.05) is 15.7 Å². The molecule has 0 saturated carbocycles. The summed E-state index contributed by atoms with van der Waals surface area (Å²) >= 11 is 3.40. The van der Waals surface area contributed by atoms with Crippen LogP contribution in [0.5, 0.6) is 5.75 Å². The van der Waals surface area contributed by atoms with Crippen LogP contribution in [0.4, 0.5) is 5.69 Å². The number of halogens is 1. The molecule has 1 N–H and O–H groups in total. The number of hydrogen-bond acceptors (Lipinski definition) is 4. The number of oxazole rings is 1. The van der Waals surface area contributed by atoms with Crippen molar-refractivity contribution in [2.75, 3.05) is 5.32 Å². The van der Waals surface area contributed by atoms with E-state index in [1.54, 1.807) is 13.8 Å². The summed E-state index contributed by atoms with van der Waals surface area (Å²) < 4.78 is 12.9. The third kappa shape index (κ3) is 4.55. The van der Waals surface area contributed by atoms with Crippen molar-refractivity contribution >= 4 is 38.6 Å². The number of aromatic nitrogens is 1. The molecule has 4 rings (SSSR count). The number of amides is 1. The van der Waals surface area contributed by atoms with Crippen LogP contribution < -0.4 is 10.1 Å². The number of fused-ring (bicyclic) bond motifs is 1. The summed E-state index contributed by atoms with van der Waals surface area (Å²) in [6.45, 7) is 9.49. The minimum Gasteiger partial charge on any atom is -0.478 e. The molecule has 0 unspecified atom stereocenters. The van der Waals surface area contributed by atoms with Crippen molar-refractivity contribution in [3.63, 3.8) is 0 Å². The highest BCUT2D eigenvalue weighted by atomic mass is 79.9. The largest absolute Gasteiger partial charge is 0.478 e. The minimum absolute atomic E-state index is 0.246. The molecule has 164 valence electrons. The van der Waals surface area contributed by atoms with Crippen LogP contribution in [0.25, 0.3) is 22.6 Å². The van der Waals surface area contributed by atoms with Crippen LogP contribution in [0.1, 0.15) is 30.5 Å². The van der Waals surface area contributed by atoms with Crippen molar-refractivity contribution < 1.29 is 13.9 Å². The van der Waals surface area contributed by atoms with Crippen LogP contribution in [0.3, 0.4) is 0 Å². The average molecular weight is 493 g/mol. The summed E-state index contributed by atoms with van der Waals surface area (Å²) in [6, 6.07) is 17.3. The monoisotopic (exact) mass is 492 g/mol. The second kappa shape index (κ2) is 8.43. The maximum Gasteiger partial charge on any atom is 0.267 e. The molecular formula is C26H25BrN2O3. The number of benzene rings is 3. The molecule has 0 aliphatic heterocycles. The van der Waals surface area contributed by atoms with Gasteiger partial charge in [-0.15, -0.1) is 0 Å². The van der Waals surface area contributed by atoms with Crippen molar-refractivity contribution in [1.29, 1.82) is 0 Å². The SMILES string of the molecule is Cc1cc(C)c2oc(-c3ccc(C)c(NC(=O)C(C)(C)Oc4ccc(Br)cc4)c3)nc2c1. The van der Waals surface area contributed by atoms with Crippen LogP contribution in [-0.2, 0) is 4.79 Å². The molecule has 0 atom stereocenters. The molecule has 0 spiro atoms. The van der Waals surface area contributed by atoms with Gasteiger partial charge in [-0.3, -0.25) is 4.79 Å². The Morgan fingerprint density at radius 3 is 2.44 bits per heavy atom. The van der Waals surface area contributed by atoms with E-state index < -0.39 is 5.60 Å². The molecule has 5 nitrogen and oxygen atoms in total. The number of aryl methyl sites for hydroxylation is 3. The molecule has 0 fully saturated rings. The Labute approximate surface area is 195 Å². The van der Waals surface area contributed by atoms with E-state index in [2.05, 4.69) is 32.3 Å². The first-order valence-corrected chi connectivity index (χ1v) is 11.2. The highest BCUT2D eigenvalue weighted by molar-refractivity contribution is 9.10. The summed E-state index contributed by atoms with van der Waals surface area (Å²) in [5, 5.41) is 3.00. The van der Waals surface area contributed by atoms with Gasteiger partial charge in [0.25, 0.3) is 5.91 Å². The molecular weight excluding hydrogens is 468 g/mol. The Hall–Kier alpha value is -3.12. The van der Waals surface area contributed by atoms with Gasteiger partial charge in [-0.25, -0.2) is 4.98 Å². The lowest BCUT2D eigenvalue weighted by Gasteiger charge is -2.26. The topological polar surface area (TPSA) is 64.4 Å². The quantitative estimate of drug-likeness (QED) is 0.326. The lowest BCUT2D eigenvalue weighted by molar-refractivity contribution is -0.128. The smallest absolute Gasteiger partial charge is 0.267 e. The summed E-state index contributed by atoms with van der Waals surface area (Å²) in [5.74, 6) is 0.898. The van der Waals surface area contributed by atoms with Crippen LogP contribution in [0, 0.1) is 20.8 Å². The molecule has 0 radical (unpaired) electrons. The standard InChI is InChI=1S/C26H25BrN2O3/c1-15-12-17(3)23-22(13-15)28-24(31-23)18-7-6-16(2)21(14-18)29-25(30)26(4,5)32-20-10-8-19(27)9-11-20/h6-14H,1-5H3,(H,29,30). The van der Waals surface area contributed by atoms with Gasteiger partial charge in [0.2, 0.25) is 5.89 Å². The van der Waals surface area contributed by atoms with Gasteiger partial charge in [0.15, 0.2) is 11.2 Å². The predicted molar refractivity (Wildman–Crippen MR) is 131 cm³/mol. The van der Waals surface area contributed by atoms with Crippen molar-refractivity contribution in [3.05, 3.63) is 75.8 Å². The number of rotatable bonds is 5. The van der Waals surface area contributed by atoms with E-state index in [-0.39, 0.29) is 5.91 Å². The van der Waals surface area contributed by atoms with Crippen LogP contribution >= 0.6 is 15.9 Å². The fourth-order valence-electron chi connectivity index (χ4n) is 3.51. The number of nitrogens with one attached hydrogen (secondary N) is 1. The Morgan fingerprint density at radius 1 is 1.00 bits per heavy atom. The van der Waals surface area contributed by atoms with Gasteiger partial charge in [-0.1, -0.05) is 28.1 Å². The van der Waals surface area contributed by atoms with E-state index in [1.165, 1.54) is 0 Å². The van der Waals surface area contributed by atoms with Gasteiger partial charge >= 0.3 is 0 Å². The highest BCUT2D eigenvalue weighted by Crippen LogP contribution is 2.30. The zero-order valence-corrected chi connectivity index (χ0v) is 20.3. The molecule has 3 aromatic carbocycles. The number of carbonyl (C=O) groups is 1. The van der Waals surface area contributed by atoms with Crippen molar-refractivity contribution in [1.82, 2.24) is 4.98 Å². The van der Waals surface area contributed by atoms with Crippen LogP contribution in [-0.4, -0.2) is 16.5 Å². The van der Waals surface area contributed by atoms with Gasteiger partial charge in [-0.05, 0) is 93.8 Å². The van der Waals surface area contributed by atoms with Gasteiger partial charge in [0.1, 0.15) is 11.3 Å². The molecule has 0 saturated heterocycles. The molecule has 1 amide bonds. The molecule has 1 heterocycles. The van der Waals surface area contributed by atoms with Crippen molar-refractivity contribution in [3.8, 4) is 17.2 Å². The minimum atomic E-state index is -1.07. The van der Waals surface area contributed by atoms with Gasteiger partial charge in [0.05, 0.1) is 0 Å². The van der Waals surface area contributed by atoms with E-state index in [0.717, 1.165) is 37.8 Å². The lowest BCUT2D eigenvalue weighted by Crippen LogP contribution is -2.42. The first-order chi connectivity index (χ1) is 15.1. The third-order valence-corrected chi connectivity index (χ3v) is 5.81. The Morgan fingerprint density at radius 2 is 1.72 bits per heavy atom. The molecule has 6 heteroatoms. The van der Waals surface area contributed by atoms with Crippen molar-refractivity contribution in [2.45, 2.75) is 40.2 Å². The summed E-state index contributed by atoms with van der Waals surface area (Å²) in [7, 11) is 0. The average Bonchev–Trinajstić information content (AvgIpc) is 3.15. The maximum absolute atomic E-state index is 13.0. The maximum atomic E-state index is 13.0.